The lowest BCUT2D eigenvalue weighted by atomic mass is 9.81. The summed E-state index contributed by atoms with van der Waals surface area (Å²) in [4.78, 5) is 5.82. The number of aromatic nitrogens is 1. The van der Waals surface area contributed by atoms with Crippen LogP contribution < -0.4 is 11.2 Å². The molecular formula is C23H25BN2O2S2. The zero-order valence-corrected chi connectivity index (χ0v) is 18.5. The van der Waals surface area contributed by atoms with E-state index in [2.05, 4.69) is 31.2 Å². The highest BCUT2D eigenvalue weighted by Crippen LogP contribution is 2.40. The molecule has 0 amide bonds. The second-order valence-electron chi connectivity index (χ2n) is 6.70. The molecule has 154 valence electrons. The quantitative estimate of drug-likeness (QED) is 0.230. The topological polar surface area (TPSA) is 79.4 Å². The molecule has 0 aliphatic rings. The van der Waals surface area contributed by atoms with Gasteiger partial charge in [-0.2, -0.15) is 0 Å². The summed E-state index contributed by atoms with van der Waals surface area (Å²) in [5.74, 6) is 1.12. The highest BCUT2D eigenvalue weighted by molar-refractivity contribution is 8.01. The van der Waals surface area contributed by atoms with Crippen molar-refractivity contribution in [2.75, 3.05) is 11.5 Å². The van der Waals surface area contributed by atoms with Crippen LogP contribution in [0.3, 0.4) is 0 Å². The number of thioether (sulfide) groups is 1. The van der Waals surface area contributed by atoms with Gasteiger partial charge in [-0.3, -0.25) is 0 Å². The van der Waals surface area contributed by atoms with E-state index in [1.807, 2.05) is 36.0 Å². The van der Waals surface area contributed by atoms with E-state index < -0.39 is 7.12 Å². The SMILES string of the molecule is CCCCSc1sc2nc(-c3ccccc3)ccc2c1N.OB(O)c1ccccc1. The van der Waals surface area contributed by atoms with Gasteiger partial charge in [-0.15, -0.1) is 23.1 Å². The van der Waals surface area contributed by atoms with Crippen LogP contribution in [0.5, 0.6) is 0 Å². The van der Waals surface area contributed by atoms with Gasteiger partial charge in [-0.25, -0.2) is 4.98 Å². The van der Waals surface area contributed by atoms with Crippen molar-refractivity contribution < 1.29 is 10.0 Å². The van der Waals surface area contributed by atoms with E-state index in [-0.39, 0.29) is 0 Å². The van der Waals surface area contributed by atoms with Crippen molar-refractivity contribution in [2.45, 2.75) is 24.0 Å². The number of hydrogen-bond donors (Lipinski definition) is 3. The molecule has 4 aromatic rings. The highest BCUT2D eigenvalue weighted by atomic mass is 32.2. The van der Waals surface area contributed by atoms with Gasteiger partial charge in [-0.05, 0) is 29.8 Å². The molecule has 0 spiro atoms. The predicted octanol–water partition coefficient (Wildman–Crippen LogP) is 4.80. The van der Waals surface area contributed by atoms with Crippen LogP contribution in [0, 0.1) is 0 Å². The maximum atomic E-state index is 8.58. The average molecular weight is 436 g/mol. The fraction of sp³-hybridized carbons (Fsp3) is 0.174. The Morgan fingerprint density at radius 1 is 0.967 bits per heavy atom. The van der Waals surface area contributed by atoms with Crippen molar-refractivity contribution in [3.63, 3.8) is 0 Å². The van der Waals surface area contributed by atoms with E-state index in [1.165, 1.54) is 17.1 Å². The fourth-order valence-electron chi connectivity index (χ4n) is 2.79. The van der Waals surface area contributed by atoms with Gasteiger partial charge in [0, 0.05) is 10.9 Å². The number of unbranched alkanes of at least 4 members (excludes halogenated alkanes) is 1. The molecule has 0 unspecified atom stereocenters. The van der Waals surface area contributed by atoms with Gasteiger partial charge in [0.1, 0.15) is 4.83 Å². The maximum absolute atomic E-state index is 8.58. The molecule has 2 aromatic carbocycles. The molecule has 4 N–H and O–H groups in total. The van der Waals surface area contributed by atoms with Crippen LogP contribution in [-0.4, -0.2) is 27.9 Å². The zero-order chi connectivity index (χ0) is 21.3. The Bertz CT molecular complexity index is 1060. The van der Waals surface area contributed by atoms with Gasteiger partial charge in [0.15, 0.2) is 0 Å². The molecule has 0 atom stereocenters. The van der Waals surface area contributed by atoms with Crippen LogP contribution >= 0.6 is 23.1 Å². The summed E-state index contributed by atoms with van der Waals surface area (Å²) in [5, 5.41) is 18.2. The Morgan fingerprint density at radius 3 is 2.23 bits per heavy atom. The van der Waals surface area contributed by atoms with Gasteiger partial charge < -0.3 is 15.8 Å². The van der Waals surface area contributed by atoms with E-state index >= 15 is 0 Å². The minimum atomic E-state index is -1.34. The van der Waals surface area contributed by atoms with Crippen LogP contribution in [0.4, 0.5) is 5.69 Å². The number of rotatable bonds is 6. The summed E-state index contributed by atoms with van der Waals surface area (Å²) >= 11 is 3.56. The first kappa shape index (κ1) is 22.4. The average Bonchev–Trinajstić information content (AvgIpc) is 3.10. The Balaban J connectivity index is 0.000000239. The van der Waals surface area contributed by atoms with Gasteiger partial charge >= 0.3 is 7.12 Å². The molecule has 0 bridgehead atoms. The smallest absolute Gasteiger partial charge is 0.423 e. The molecular weight excluding hydrogens is 411 g/mol. The molecule has 0 aliphatic heterocycles. The van der Waals surface area contributed by atoms with Crippen LogP contribution in [0.2, 0.25) is 0 Å². The summed E-state index contributed by atoms with van der Waals surface area (Å²) in [6.45, 7) is 2.21. The number of benzene rings is 2. The lowest BCUT2D eigenvalue weighted by Crippen LogP contribution is -2.29. The van der Waals surface area contributed by atoms with Crippen LogP contribution in [0.1, 0.15) is 19.8 Å². The second kappa shape index (κ2) is 11.2. The van der Waals surface area contributed by atoms with Gasteiger partial charge in [0.2, 0.25) is 0 Å². The first-order valence-corrected chi connectivity index (χ1v) is 11.7. The molecule has 0 saturated carbocycles. The molecule has 0 fully saturated rings. The number of thiophene rings is 1. The van der Waals surface area contributed by atoms with Crippen LogP contribution in [-0.2, 0) is 0 Å². The van der Waals surface area contributed by atoms with E-state index in [4.69, 9.17) is 20.8 Å². The van der Waals surface area contributed by atoms with Gasteiger partial charge in [0.05, 0.1) is 15.6 Å². The summed E-state index contributed by atoms with van der Waals surface area (Å²) < 4.78 is 1.20. The summed E-state index contributed by atoms with van der Waals surface area (Å²) in [6, 6.07) is 23.1. The number of nitrogens with zero attached hydrogens (tertiary/aromatic N) is 1. The molecule has 4 nitrogen and oxygen atoms in total. The van der Waals surface area contributed by atoms with Crippen LogP contribution in [0.15, 0.2) is 77.0 Å². The fourth-order valence-corrected chi connectivity index (χ4v) is 5.22. The molecule has 4 rings (SSSR count). The summed E-state index contributed by atoms with van der Waals surface area (Å²) in [6.07, 6.45) is 2.44. The van der Waals surface area contributed by atoms with E-state index in [0.29, 0.717) is 5.46 Å². The first-order valence-electron chi connectivity index (χ1n) is 9.88. The van der Waals surface area contributed by atoms with Crippen molar-refractivity contribution in [1.29, 1.82) is 0 Å². The Morgan fingerprint density at radius 2 is 1.63 bits per heavy atom. The van der Waals surface area contributed by atoms with E-state index in [9.17, 15) is 0 Å². The number of anilines is 1. The highest BCUT2D eigenvalue weighted by Gasteiger charge is 2.12. The number of nitrogen functional groups attached to an aromatic ring is 1. The predicted molar refractivity (Wildman–Crippen MR) is 131 cm³/mol. The minimum absolute atomic E-state index is 0.525. The van der Waals surface area contributed by atoms with Gasteiger partial charge in [0.25, 0.3) is 0 Å². The Kier molecular flexibility index (Phi) is 8.34. The summed E-state index contributed by atoms with van der Waals surface area (Å²) in [7, 11) is -1.34. The minimum Gasteiger partial charge on any atom is -0.423 e. The van der Waals surface area contributed by atoms with E-state index in [0.717, 1.165) is 32.9 Å². The lowest BCUT2D eigenvalue weighted by molar-refractivity contribution is 0.426. The molecule has 0 saturated heterocycles. The number of pyridine rings is 1. The zero-order valence-electron chi connectivity index (χ0n) is 16.9. The number of nitrogens with two attached hydrogens (primary N) is 1. The lowest BCUT2D eigenvalue weighted by Gasteiger charge is -2.00. The first-order chi connectivity index (χ1) is 14.6. The molecule has 2 aromatic heterocycles. The Hall–Kier alpha value is -2.32. The van der Waals surface area contributed by atoms with Gasteiger partial charge in [-0.1, -0.05) is 74.0 Å². The number of fused-ring (bicyclic) bond motifs is 1. The van der Waals surface area contributed by atoms with Crippen molar-refractivity contribution in [3.05, 3.63) is 72.8 Å². The standard InChI is InChI=1S/C17H18N2S2.C6H7BO2/c1-2-3-11-20-17-15(18)13-9-10-14(19-16(13)21-17)12-7-5-4-6-8-12;8-7(9)6-4-2-1-3-5-6/h4-10H,2-3,11,18H2,1H3;1-5,8-9H. The maximum Gasteiger partial charge on any atom is 0.488 e. The van der Waals surface area contributed by atoms with Crippen LogP contribution in [0.25, 0.3) is 21.5 Å². The molecule has 7 heteroatoms. The van der Waals surface area contributed by atoms with Crippen molar-refractivity contribution >= 4 is 51.6 Å². The van der Waals surface area contributed by atoms with Crippen molar-refractivity contribution in [3.8, 4) is 11.3 Å². The van der Waals surface area contributed by atoms with Crippen molar-refractivity contribution in [2.24, 2.45) is 0 Å². The third-order valence-corrected chi connectivity index (χ3v) is 6.95. The third-order valence-electron chi connectivity index (χ3n) is 4.46. The second-order valence-corrected chi connectivity index (χ2v) is 9.07. The van der Waals surface area contributed by atoms with E-state index in [1.54, 1.807) is 35.6 Å². The summed E-state index contributed by atoms with van der Waals surface area (Å²) in [5.41, 5.74) is 9.83. The molecule has 0 radical (unpaired) electrons. The Labute approximate surface area is 185 Å². The largest absolute Gasteiger partial charge is 0.488 e. The molecule has 0 aliphatic carbocycles. The molecule has 2 heterocycles. The number of hydrogen-bond acceptors (Lipinski definition) is 6. The normalized spacial score (nSPS) is 10.5. The molecule has 30 heavy (non-hydrogen) atoms. The van der Waals surface area contributed by atoms with Crippen molar-refractivity contribution in [1.82, 2.24) is 4.98 Å². The monoisotopic (exact) mass is 436 g/mol. The third kappa shape index (κ3) is 5.86.